The van der Waals surface area contributed by atoms with Crippen LogP contribution >= 0.6 is 12.4 Å². The van der Waals surface area contributed by atoms with Crippen molar-refractivity contribution in [1.82, 2.24) is 30.4 Å². The van der Waals surface area contributed by atoms with Gasteiger partial charge in [-0.1, -0.05) is 42.5 Å². The molecule has 0 spiro atoms. The SMILES string of the molecule is Cl.O=c1[nH]ncc2nc(-c3ccccc3)nc(Nc3ccc(CN4CCNCC4)cc3)c12. The molecule has 0 saturated carbocycles. The Balaban J connectivity index is 0.00000245. The molecule has 0 bridgehead atoms. The first kappa shape index (κ1) is 21.9. The van der Waals surface area contributed by atoms with E-state index in [9.17, 15) is 4.79 Å². The number of nitrogens with zero attached hydrogens (tertiary/aromatic N) is 4. The number of aromatic amines is 1. The van der Waals surface area contributed by atoms with Gasteiger partial charge < -0.3 is 10.6 Å². The Labute approximate surface area is 191 Å². The fraction of sp³-hybridized carbons (Fsp3) is 0.217. The molecule has 1 aliphatic heterocycles. The number of nitrogens with one attached hydrogen (secondary N) is 3. The van der Waals surface area contributed by atoms with E-state index in [0.29, 0.717) is 22.5 Å². The molecule has 0 radical (unpaired) electrons. The third-order valence-corrected chi connectivity index (χ3v) is 5.38. The lowest BCUT2D eigenvalue weighted by atomic mass is 10.1. The lowest BCUT2D eigenvalue weighted by Gasteiger charge is -2.27. The first-order valence-electron chi connectivity index (χ1n) is 10.4. The van der Waals surface area contributed by atoms with Crippen LogP contribution in [0.25, 0.3) is 22.3 Å². The lowest BCUT2D eigenvalue weighted by molar-refractivity contribution is 0.233. The van der Waals surface area contributed by atoms with Crippen molar-refractivity contribution in [2.45, 2.75) is 6.54 Å². The first-order chi connectivity index (χ1) is 15.3. The second-order valence-corrected chi connectivity index (χ2v) is 7.57. The number of hydrogen-bond acceptors (Lipinski definition) is 7. The van der Waals surface area contributed by atoms with Crippen LogP contribution in [-0.4, -0.2) is 51.2 Å². The largest absolute Gasteiger partial charge is 0.339 e. The van der Waals surface area contributed by atoms with Crippen molar-refractivity contribution in [2.24, 2.45) is 0 Å². The summed E-state index contributed by atoms with van der Waals surface area (Å²) in [5, 5.41) is 13.4. The Bertz CT molecular complexity index is 1240. The number of piperazine rings is 1. The molecule has 1 fully saturated rings. The van der Waals surface area contributed by atoms with Gasteiger partial charge in [-0.05, 0) is 17.7 Å². The molecule has 0 aliphatic carbocycles. The van der Waals surface area contributed by atoms with Crippen LogP contribution in [0.5, 0.6) is 0 Å². The van der Waals surface area contributed by atoms with Crippen LogP contribution in [-0.2, 0) is 6.54 Å². The highest BCUT2D eigenvalue weighted by atomic mass is 35.5. The summed E-state index contributed by atoms with van der Waals surface area (Å²) >= 11 is 0. The molecule has 5 rings (SSSR count). The van der Waals surface area contributed by atoms with E-state index in [0.717, 1.165) is 44.0 Å². The van der Waals surface area contributed by atoms with E-state index in [1.165, 1.54) is 5.56 Å². The van der Waals surface area contributed by atoms with Gasteiger partial charge in [-0.2, -0.15) is 5.10 Å². The fourth-order valence-electron chi connectivity index (χ4n) is 3.77. The minimum Gasteiger partial charge on any atom is -0.339 e. The number of halogens is 1. The summed E-state index contributed by atoms with van der Waals surface area (Å²) in [6, 6.07) is 17.9. The third-order valence-electron chi connectivity index (χ3n) is 5.38. The van der Waals surface area contributed by atoms with Gasteiger partial charge in [0.1, 0.15) is 16.7 Å². The predicted molar refractivity (Wildman–Crippen MR) is 129 cm³/mol. The van der Waals surface area contributed by atoms with E-state index < -0.39 is 0 Å². The van der Waals surface area contributed by atoms with E-state index in [1.54, 1.807) is 6.20 Å². The van der Waals surface area contributed by atoms with E-state index in [2.05, 4.69) is 47.8 Å². The molecule has 1 saturated heterocycles. The van der Waals surface area contributed by atoms with Crippen molar-refractivity contribution >= 4 is 34.8 Å². The van der Waals surface area contributed by atoms with Crippen molar-refractivity contribution < 1.29 is 0 Å². The molecule has 0 unspecified atom stereocenters. The molecule has 32 heavy (non-hydrogen) atoms. The highest BCUT2D eigenvalue weighted by Gasteiger charge is 2.14. The number of benzene rings is 2. The molecule has 8 nitrogen and oxygen atoms in total. The maximum atomic E-state index is 12.5. The molecule has 2 aromatic heterocycles. The Morgan fingerprint density at radius 2 is 1.72 bits per heavy atom. The standard InChI is InChI=1S/C23H23N7O.ClH/c31-23-20-19(14-25-29-23)27-21(17-4-2-1-3-5-17)28-22(20)26-18-8-6-16(7-9-18)15-30-12-10-24-11-13-30;/h1-9,14,24H,10-13,15H2,(H,29,31)(H,26,27,28);1H. The van der Waals surface area contributed by atoms with Crippen LogP contribution in [0.2, 0.25) is 0 Å². The van der Waals surface area contributed by atoms with Crippen LogP contribution in [0.1, 0.15) is 5.56 Å². The van der Waals surface area contributed by atoms with Crippen LogP contribution in [0.4, 0.5) is 11.5 Å². The van der Waals surface area contributed by atoms with Crippen molar-refractivity contribution in [2.75, 3.05) is 31.5 Å². The normalized spacial score (nSPS) is 14.1. The van der Waals surface area contributed by atoms with Gasteiger partial charge in [0.15, 0.2) is 5.82 Å². The van der Waals surface area contributed by atoms with E-state index in [-0.39, 0.29) is 18.0 Å². The summed E-state index contributed by atoms with van der Waals surface area (Å²) in [4.78, 5) is 24.1. The zero-order valence-corrected chi connectivity index (χ0v) is 18.2. The minimum absolute atomic E-state index is 0. The topological polar surface area (TPSA) is 98.8 Å². The smallest absolute Gasteiger partial charge is 0.277 e. The predicted octanol–water partition coefficient (Wildman–Crippen LogP) is 2.95. The van der Waals surface area contributed by atoms with Crippen LogP contribution in [0.3, 0.4) is 0 Å². The molecule has 9 heteroatoms. The number of fused-ring (bicyclic) bond motifs is 1. The first-order valence-corrected chi connectivity index (χ1v) is 10.4. The number of H-pyrrole nitrogens is 1. The van der Waals surface area contributed by atoms with Crippen molar-refractivity contribution in [3.05, 3.63) is 76.7 Å². The molecule has 164 valence electrons. The van der Waals surface area contributed by atoms with E-state index in [4.69, 9.17) is 0 Å². The summed E-state index contributed by atoms with van der Waals surface area (Å²) < 4.78 is 0. The summed E-state index contributed by atoms with van der Waals surface area (Å²) in [5.41, 5.74) is 3.16. The van der Waals surface area contributed by atoms with Gasteiger partial charge in [-0.3, -0.25) is 9.69 Å². The van der Waals surface area contributed by atoms with Gasteiger partial charge >= 0.3 is 0 Å². The molecular formula is C23H24ClN7O. The number of anilines is 2. The molecule has 0 atom stereocenters. The third kappa shape index (κ3) is 4.77. The summed E-state index contributed by atoms with van der Waals surface area (Å²) in [7, 11) is 0. The average molecular weight is 450 g/mol. The minimum atomic E-state index is -0.324. The van der Waals surface area contributed by atoms with Gasteiger partial charge in [0, 0.05) is 44.0 Å². The maximum Gasteiger partial charge on any atom is 0.277 e. The molecule has 0 amide bonds. The molecule has 4 aromatic rings. The van der Waals surface area contributed by atoms with Gasteiger partial charge in [-0.15, -0.1) is 12.4 Å². The van der Waals surface area contributed by atoms with Crippen LogP contribution in [0, 0.1) is 0 Å². The fourth-order valence-corrected chi connectivity index (χ4v) is 3.77. The molecule has 2 aromatic carbocycles. The summed E-state index contributed by atoms with van der Waals surface area (Å²) in [6.07, 6.45) is 1.55. The Kier molecular flexibility index (Phi) is 6.75. The van der Waals surface area contributed by atoms with Crippen LogP contribution in [0.15, 0.2) is 65.6 Å². The van der Waals surface area contributed by atoms with Crippen molar-refractivity contribution in [3.63, 3.8) is 0 Å². The highest BCUT2D eigenvalue weighted by molar-refractivity contribution is 5.91. The monoisotopic (exact) mass is 449 g/mol. The second-order valence-electron chi connectivity index (χ2n) is 7.57. The quantitative estimate of drug-likeness (QED) is 0.430. The van der Waals surface area contributed by atoms with E-state index >= 15 is 0 Å². The Morgan fingerprint density at radius 1 is 0.969 bits per heavy atom. The van der Waals surface area contributed by atoms with Crippen molar-refractivity contribution in [3.8, 4) is 11.4 Å². The van der Waals surface area contributed by atoms with Gasteiger partial charge in [-0.25, -0.2) is 15.1 Å². The van der Waals surface area contributed by atoms with Crippen LogP contribution < -0.4 is 16.2 Å². The zero-order chi connectivity index (χ0) is 21.0. The lowest BCUT2D eigenvalue weighted by Crippen LogP contribution is -2.42. The Morgan fingerprint density at radius 3 is 2.47 bits per heavy atom. The summed E-state index contributed by atoms with van der Waals surface area (Å²) in [6.45, 7) is 5.13. The number of hydrogen-bond donors (Lipinski definition) is 3. The van der Waals surface area contributed by atoms with Gasteiger partial charge in [0.2, 0.25) is 0 Å². The molecule has 3 N–H and O–H groups in total. The van der Waals surface area contributed by atoms with Crippen molar-refractivity contribution in [1.29, 1.82) is 0 Å². The molecular weight excluding hydrogens is 426 g/mol. The van der Waals surface area contributed by atoms with E-state index in [1.807, 2.05) is 42.5 Å². The number of aromatic nitrogens is 4. The highest BCUT2D eigenvalue weighted by Crippen LogP contribution is 2.25. The average Bonchev–Trinajstić information content (AvgIpc) is 2.81. The maximum absolute atomic E-state index is 12.5. The van der Waals surface area contributed by atoms with Gasteiger partial charge in [0.25, 0.3) is 5.56 Å². The molecule has 3 heterocycles. The zero-order valence-electron chi connectivity index (χ0n) is 17.4. The van der Waals surface area contributed by atoms with Gasteiger partial charge in [0.05, 0.1) is 6.20 Å². The summed E-state index contributed by atoms with van der Waals surface area (Å²) in [5.74, 6) is 1.00. The second kappa shape index (κ2) is 9.86. The number of rotatable bonds is 5. The molecule has 1 aliphatic rings. The Hall–Kier alpha value is -3.33.